The zero-order valence-corrected chi connectivity index (χ0v) is 10.2. The van der Waals surface area contributed by atoms with Crippen molar-refractivity contribution in [3.05, 3.63) is 29.3 Å². The quantitative estimate of drug-likeness (QED) is 0.540. The van der Waals surface area contributed by atoms with Gasteiger partial charge in [0, 0.05) is 18.7 Å². The molecule has 1 rings (SSSR count). The van der Waals surface area contributed by atoms with Gasteiger partial charge in [-0.15, -0.1) is 0 Å². The number of carboxylic acid groups (broad SMARTS) is 2. The van der Waals surface area contributed by atoms with E-state index in [0.29, 0.717) is 11.1 Å². The summed E-state index contributed by atoms with van der Waals surface area (Å²) in [4.78, 5) is 22.6. The third-order valence-electron chi connectivity index (χ3n) is 2.49. The molecule has 5 N–H and O–H groups in total. The van der Waals surface area contributed by atoms with Gasteiger partial charge in [-0.25, -0.2) is 0 Å². The molecule has 0 fully saturated rings. The zero-order chi connectivity index (χ0) is 14.4. The second-order valence-corrected chi connectivity index (χ2v) is 4.10. The number of aromatic hydroxyl groups is 1. The number of rotatable bonds is 7. The first kappa shape index (κ1) is 14.9. The minimum Gasteiger partial charge on any atom is -0.508 e. The van der Waals surface area contributed by atoms with Crippen molar-refractivity contribution in [1.29, 1.82) is 0 Å². The third-order valence-corrected chi connectivity index (χ3v) is 2.49. The number of hydrogen-bond donors (Lipinski definition) is 4. The maximum absolute atomic E-state index is 10.7. The molecule has 0 aliphatic rings. The molecular weight excluding hydrogens is 252 g/mol. The van der Waals surface area contributed by atoms with E-state index in [-0.39, 0.29) is 31.9 Å². The molecule has 0 aliphatic carbocycles. The number of nitrogens with two attached hydrogens (primary N) is 1. The highest BCUT2D eigenvalue weighted by Crippen LogP contribution is 2.18. The topological polar surface area (TPSA) is 124 Å². The standard InChI is InChI=1S/C12H16N2O5/c13-4-9-3-8(1-2-10(9)15)5-14(6-11(16)17)7-12(18)19/h1-3,15H,4-7,13H2,(H,16,17)(H,18,19). The molecule has 0 aliphatic heterocycles. The van der Waals surface area contributed by atoms with Crippen molar-refractivity contribution in [2.45, 2.75) is 13.1 Å². The maximum atomic E-state index is 10.7. The Bertz CT molecular complexity index is 459. The van der Waals surface area contributed by atoms with Crippen molar-refractivity contribution < 1.29 is 24.9 Å². The van der Waals surface area contributed by atoms with E-state index >= 15 is 0 Å². The fraction of sp³-hybridized carbons (Fsp3) is 0.333. The highest BCUT2D eigenvalue weighted by molar-refractivity contribution is 5.72. The lowest BCUT2D eigenvalue weighted by molar-refractivity contribution is -0.142. The Hall–Kier alpha value is -2.12. The molecule has 7 heteroatoms. The van der Waals surface area contributed by atoms with Crippen LogP contribution < -0.4 is 5.73 Å². The Labute approximate surface area is 109 Å². The van der Waals surface area contributed by atoms with Crippen LogP contribution in [0, 0.1) is 0 Å². The minimum absolute atomic E-state index is 0.0641. The molecule has 0 bridgehead atoms. The van der Waals surface area contributed by atoms with E-state index in [1.54, 1.807) is 12.1 Å². The van der Waals surface area contributed by atoms with Crippen LogP contribution in [0.3, 0.4) is 0 Å². The van der Waals surface area contributed by atoms with Gasteiger partial charge in [0.2, 0.25) is 0 Å². The molecule has 19 heavy (non-hydrogen) atoms. The molecule has 7 nitrogen and oxygen atoms in total. The summed E-state index contributed by atoms with van der Waals surface area (Å²) in [6.45, 7) is -0.431. The van der Waals surface area contributed by atoms with E-state index < -0.39 is 11.9 Å². The second kappa shape index (κ2) is 6.72. The van der Waals surface area contributed by atoms with Crippen molar-refractivity contribution in [2.75, 3.05) is 13.1 Å². The SMILES string of the molecule is NCc1cc(CN(CC(=O)O)CC(=O)O)ccc1O. The van der Waals surface area contributed by atoms with Crippen LogP contribution >= 0.6 is 0 Å². The van der Waals surface area contributed by atoms with E-state index in [1.807, 2.05) is 0 Å². The van der Waals surface area contributed by atoms with Crippen molar-refractivity contribution in [1.82, 2.24) is 4.90 Å². The molecule has 0 saturated heterocycles. The molecule has 104 valence electrons. The van der Waals surface area contributed by atoms with Gasteiger partial charge in [0.05, 0.1) is 13.1 Å². The number of hydrogen-bond acceptors (Lipinski definition) is 5. The summed E-state index contributed by atoms with van der Waals surface area (Å²) in [6.07, 6.45) is 0. The summed E-state index contributed by atoms with van der Waals surface area (Å²) in [7, 11) is 0. The van der Waals surface area contributed by atoms with Gasteiger partial charge in [-0.1, -0.05) is 6.07 Å². The monoisotopic (exact) mass is 268 g/mol. The van der Waals surface area contributed by atoms with Gasteiger partial charge < -0.3 is 21.1 Å². The van der Waals surface area contributed by atoms with Gasteiger partial charge in [-0.2, -0.15) is 0 Å². The Kier molecular flexibility index (Phi) is 5.28. The normalized spacial score (nSPS) is 10.6. The number of carboxylic acids is 2. The van der Waals surface area contributed by atoms with Crippen LogP contribution in [0.1, 0.15) is 11.1 Å². The van der Waals surface area contributed by atoms with Crippen LogP contribution in [0.4, 0.5) is 0 Å². The van der Waals surface area contributed by atoms with Crippen LogP contribution in [0.15, 0.2) is 18.2 Å². The smallest absolute Gasteiger partial charge is 0.317 e. The summed E-state index contributed by atoms with van der Waals surface area (Å²) in [5.41, 5.74) is 6.68. The third kappa shape index (κ3) is 4.94. The summed E-state index contributed by atoms with van der Waals surface area (Å²) in [5.74, 6) is -2.13. The summed E-state index contributed by atoms with van der Waals surface area (Å²) >= 11 is 0. The fourth-order valence-corrected chi connectivity index (χ4v) is 1.71. The first-order chi connectivity index (χ1) is 8.92. The molecule has 1 aromatic rings. The first-order valence-corrected chi connectivity index (χ1v) is 5.59. The Morgan fingerprint density at radius 1 is 1.16 bits per heavy atom. The lowest BCUT2D eigenvalue weighted by Gasteiger charge is -2.18. The molecule has 0 heterocycles. The van der Waals surface area contributed by atoms with E-state index in [1.165, 1.54) is 11.0 Å². The summed E-state index contributed by atoms with van der Waals surface area (Å²) in [5, 5.41) is 26.9. The van der Waals surface area contributed by atoms with Gasteiger partial charge >= 0.3 is 11.9 Å². The fourth-order valence-electron chi connectivity index (χ4n) is 1.71. The lowest BCUT2D eigenvalue weighted by atomic mass is 10.1. The zero-order valence-electron chi connectivity index (χ0n) is 10.2. The predicted octanol–water partition coefficient (Wildman–Crippen LogP) is -0.178. The number of carbonyl (C=O) groups is 2. The average molecular weight is 268 g/mol. The minimum atomic E-state index is -1.10. The molecular formula is C12H16N2O5. The van der Waals surface area contributed by atoms with Crippen LogP contribution in [0.2, 0.25) is 0 Å². The number of nitrogens with zero attached hydrogens (tertiary/aromatic N) is 1. The first-order valence-electron chi connectivity index (χ1n) is 5.59. The lowest BCUT2D eigenvalue weighted by Crippen LogP contribution is -2.34. The molecule has 1 aromatic carbocycles. The van der Waals surface area contributed by atoms with Crippen LogP contribution in [-0.4, -0.2) is 45.2 Å². The van der Waals surface area contributed by atoms with Crippen LogP contribution in [0.25, 0.3) is 0 Å². The predicted molar refractivity (Wildman–Crippen MR) is 66.5 cm³/mol. The molecule has 0 radical (unpaired) electrons. The van der Waals surface area contributed by atoms with Crippen molar-refractivity contribution in [3.8, 4) is 5.75 Å². The molecule has 0 spiro atoms. The molecule has 0 atom stereocenters. The number of aliphatic carboxylic acids is 2. The average Bonchev–Trinajstić information content (AvgIpc) is 2.29. The number of phenolic OH excluding ortho intramolecular Hbond substituents is 1. The Balaban J connectivity index is 2.82. The summed E-state index contributed by atoms with van der Waals surface area (Å²) < 4.78 is 0. The highest BCUT2D eigenvalue weighted by atomic mass is 16.4. The van der Waals surface area contributed by atoms with Gasteiger partial charge in [-0.05, 0) is 17.7 Å². The second-order valence-electron chi connectivity index (χ2n) is 4.10. The number of phenols is 1. The molecule has 0 amide bonds. The van der Waals surface area contributed by atoms with E-state index in [9.17, 15) is 14.7 Å². The van der Waals surface area contributed by atoms with Gasteiger partial charge in [0.15, 0.2) is 0 Å². The Morgan fingerprint density at radius 2 is 1.74 bits per heavy atom. The van der Waals surface area contributed by atoms with Gasteiger partial charge in [-0.3, -0.25) is 14.5 Å². The van der Waals surface area contributed by atoms with E-state index in [4.69, 9.17) is 15.9 Å². The molecule has 0 aromatic heterocycles. The van der Waals surface area contributed by atoms with Crippen molar-refractivity contribution >= 4 is 11.9 Å². The van der Waals surface area contributed by atoms with E-state index in [2.05, 4.69) is 0 Å². The van der Waals surface area contributed by atoms with E-state index in [0.717, 1.165) is 0 Å². The van der Waals surface area contributed by atoms with Gasteiger partial charge in [0.25, 0.3) is 0 Å². The van der Waals surface area contributed by atoms with Crippen LogP contribution in [-0.2, 0) is 22.7 Å². The number of benzene rings is 1. The summed E-state index contributed by atoms with van der Waals surface area (Å²) in [6, 6.07) is 4.69. The Morgan fingerprint density at radius 3 is 2.21 bits per heavy atom. The highest BCUT2D eigenvalue weighted by Gasteiger charge is 2.14. The van der Waals surface area contributed by atoms with Crippen molar-refractivity contribution in [3.63, 3.8) is 0 Å². The molecule has 0 saturated carbocycles. The van der Waals surface area contributed by atoms with Gasteiger partial charge in [0.1, 0.15) is 5.75 Å². The van der Waals surface area contributed by atoms with Crippen molar-refractivity contribution in [2.24, 2.45) is 5.73 Å². The van der Waals surface area contributed by atoms with Crippen LogP contribution in [0.5, 0.6) is 5.75 Å². The maximum Gasteiger partial charge on any atom is 0.317 e. The largest absolute Gasteiger partial charge is 0.508 e. The molecule has 0 unspecified atom stereocenters.